The van der Waals surface area contributed by atoms with Crippen molar-refractivity contribution in [3.8, 4) is 39.8 Å². The molecule has 0 atom stereocenters. The van der Waals surface area contributed by atoms with Crippen molar-refractivity contribution in [2.24, 2.45) is 0 Å². The second-order valence-electron chi connectivity index (χ2n) is 14.3. The van der Waals surface area contributed by atoms with Crippen LogP contribution in [0.1, 0.15) is 0 Å². The summed E-state index contributed by atoms with van der Waals surface area (Å²) in [6, 6.07) is 66.3. The molecule has 0 aliphatic heterocycles. The normalized spacial score (nSPS) is 11.9. The van der Waals surface area contributed by atoms with E-state index in [4.69, 9.17) is 14.6 Å². The maximum Gasteiger partial charge on any atom is 0.168 e. The molecule has 0 aliphatic carbocycles. The molecule has 0 aliphatic rings. The van der Waals surface area contributed by atoms with E-state index in [1.54, 1.807) is 0 Å². The highest BCUT2D eigenvalue weighted by molar-refractivity contribution is 6.17. The van der Waals surface area contributed by atoms with E-state index in [1.807, 2.05) is 48.5 Å². The van der Waals surface area contributed by atoms with E-state index in [1.165, 1.54) is 21.5 Å². The lowest BCUT2D eigenvalue weighted by Gasteiger charge is -2.17. The molecule has 0 saturated carbocycles. The van der Waals surface area contributed by atoms with E-state index in [0.29, 0.717) is 0 Å². The minimum atomic E-state index is 0.786. The van der Waals surface area contributed by atoms with Gasteiger partial charge in [-0.1, -0.05) is 133 Å². The highest BCUT2D eigenvalue weighted by Gasteiger charge is 2.23. The van der Waals surface area contributed by atoms with Crippen LogP contribution in [-0.2, 0) is 0 Å². The van der Waals surface area contributed by atoms with Gasteiger partial charge in [0.1, 0.15) is 11.2 Å². The van der Waals surface area contributed by atoms with Crippen LogP contribution in [-0.4, -0.2) is 23.9 Å². The first-order valence-electron chi connectivity index (χ1n) is 18.8. The van der Waals surface area contributed by atoms with Gasteiger partial charge in [-0.2, -0.15) is 0 Å². The Morgan fingerprint density at radius 3 is 1.46 bits per heavy atom. The van der Waals surface area contributed by atoms with E-state index in [9.17, 15) is 0 Å². The quantitative estimate of drug-likeness (QED) is 0.178. The number of nitrogens with zero attached hydrogens (tertiary/aromatic N) is 5. The van der Waals surface area contributed by atoms with Crippen molar-refractivity contribution in [3.05, 3.63) is 188 Å². The predicted octanol–water partition coefficient (Wildman–Crippen LogP) is 12.7. The zero-order chi connectivity index (χ0) is 36.7. The summed E-state index contributed by atoms with van der Waals surface area (Å²) in [6.07, 6.45) is 0. The zero-order valence-electron chi connectivity index (χ0n) is 30.0. The number of benzene rings is 8. The third-order valence-electron chi connectivity index (χ3n) is 11.2. The lowest BCUT2D eigenvalue weighted by Crippen LogP contribution is -2.04. The lowest BCUT2D eigenvalue weighted by molar-refractivity contribution is 0.669. The van der Waals surface area contributed by atoms with Crippen LogP contribution in [0.5, 0.6) is 0 Å². The van der Waals surface area contributed by atoms with Crippen molar-refractivity contribution in [1.29, 1.82) is 0 Å². The lowest BCUT2D eigenvalue weighted by atomic mass is 10.1. The summed E-state index contributed by atoms with van der Waals surface area (Å²) < 4.78 is 13.5. The summed E-state index contributed by atoms with van der Waals surface area (Å²) in [6.45, 7) is 0. The van der Waals surface area contributed by atoms with Crippen LogP contribution in [0.4, 0.5) is 0 Å². The Bertz CT molecular complexity index is 3420. The molecule has 6 nitrogen and oxygen atoms in total. The molecule has 8 aromatic carbocycles. The fourth-order valence-electron chi connectivity index (χ4n) is 8.72. The molecule has 0 amide bonds. The molecule has 0 spiro atoms. The molecule has 12 rings (SSSR count). The molecule has 0 N–H and O–H groups in total. The third-order valence-corrected chi connectivity index (χ3v) is 11.2. The van der Waals surface area contributed by atoms with Crippen molar-refractivity contribution in [2.75, 3.05) is 0 Å². The van der Waals surface area contributed by atoms with Gasteiger partial charge in [0.05, 0.1) is 39.1 Å². The monoisotopic (exact) mass is 717 g/mol. The minimum Gasteiger partial charge on any atom is -0.456 e. The van der Waals surface area contributed by atoms with Crippen LogP contribution in [0.15, 0.2) is 192 Å². The molecular weight excluding hydrogens is 687 g/mol. The Hall–Kier alpha value is -7.70. The summed E-state index contributed by atoms with van der Waals surface area (Å²) >= 11 is 0. The average molecular weight is 718 g/mol. The number of fused-ring (bicyclic) bond motifs is 9. The predicted molar refractivity (Wildman–Crippen MR) is 228 cm³/mol. The van der Waals surface area contributed by atoms with Crippen molar-refractivity contribution in [2.45, 2.75) is 0 Å². The summed E-state index contributed by atoms with van der Waals surface area (Å²) in [7, 11) is 0. The Morgan fingerprint density at radius 2 is 0.821 bits per heavy atom. The van der Waals surface area contributed by atoms with Crippen LogP contribution in [0.3, 0.4) is 0 Å². The molecule has 56 heavy (non-hydrogen) atoms. The SMILES string of the molecule is c1ccc(-c2nnc(-c3ccccc3)n2-c2ccc3c4ccccc4n(-c4ccccc4-n4c5ccccc5c5cc6c(cc54)oc4ccccc46)c3c2)cc1. The molecule has 0 radical (unpaired) electrons. The smallest absolute Gasteiger partial charge is 0.168 e. The maximum atomic E-state index is 6.47. The van der Waals surface area contributed by atoms with Gasteiger partial charge >= 0.3 is 0 Å². The topological polar surface area (TPSA) is 53.7 Å². The Labute approximate surface area is 320 Å². The third kappa shape index (κ3) is 4.44. The highest BCUT2D eigenvalue weighted by Crippen LogP contribution is 2.41. The van der Waals surface area contributed by atoms with Gasteiger partial charge in [-0.05, 0) is 48.5 Å². The van der Waals surface area contributed by atoms with Crippen molar-refractivity contribution < 1.29 is 4.42 Å². The second kappa shape index (κ2) is 11.9. The first-order chi connectivity index (χ1) is 27.8. The number of aromatic nitrogens is 5. The van der Waals surface area contributed by atoms with Crippen LogP contribution in [0.2, 0.25) is 0 Å². The number of furan rings is 1. The van der Waals surface area contributed by atoms with Gasteiger partial charge in [0.25, 0.3) is 0 Å². The van der Waals surface area contributed by atoms with Gasteiger partial charge in [0.2, 0.25) is 0 Å². The number of para-hydroxylation sites is 5. The van der Waals surface area contributed by atoms with E-state index >= 15 is 0 Å². The standard InChI is InChI=1S/C50H31N5O/c1-3-15-32(16-4-1)49-51-52-50(33-17-5-2-6-18-33)53(49)34-27-28-37-35-19-7-10-22-41(35)54(45(37)29-34)43-24-12-13-25-44(43)55-42-23-11-8-20-36(42)39-30-40-38-21-9-14-26-47(38)56-48(40)31-46(39)55/h1-31H. The van der Waals surface area contributed by atoms with Crippen LogP contribution >= 0.6 is 0 Å². The first kappa shape index (κ1) is 30.7. The molecule has 4 heterocycles. The van der Waals surface area contributed by atoms with Crippen LogP contribution in [0, 0.1) is 0 Å². The number of hydrogen-bond donors (Lipinski definition) is 0. The van der Waals surface area contributed by atoms with Crippen molar-refractivity contribution in [1.82, 2.24) is 23.9 Å². The molecule has 0 bridgehead atoms. The summed E-state index contributed by atoms with van der Waals surface area (Å²) in [5.74, 6) is 1.57. The fourth-order valence-corrected chi connectivity index (χ4v) is 8.72. The van der Waals surface area contributed by atoms with Crippen molar-refractivity contribution >= 4 is 65.6 Å². The Kier molecular flexibility index (Phi) is 6.53. The first-order valence-corrected chi connectivity index (χ1v) is 18.8. The average Bonchev–Trinajstić information content (AvgIpc) is 4.03. The molecule has 262 valence electrons. The largest absolute Gasteiger partial charge is 0.456 e. The molecule has 0 fully saturated rings. The highest BCUT2D eigenvalue weighted by atomic mass is 16.3. The second-order valence-corrected chi connectivity index (χ2v) is 14.3. The van der Waals surface area contributed by atoms with Gasteiger partial charge in [0.15, 0.2) is 11.6 Å². The van der Waals surface area contributed by atoms with Gasteiger partial charge in [-0.3, -0.25) is 4.57 Å². The Balaban J connectivity index is 1.15. The minimum absolute atomic E-state index is 0.786. The maximum absolute atomic E-state index is 6.47. The molecule has 0 saturated heterocycles. The van der Waals surface area contributed by atoms with E-state index in [0.717, 1.165) is 83.8 Å². The summed E-state index contributed by atoms with van der Waals surface area (Å²) in [5.41, 5.74) is 11.3. The van der Waals surface area contributed by atoms with Crippen LogP contribution in [0.25, 0.3) is 105 Å². The summed E-state index contributed by atoms with van der Waals surface area (Å²) in [5, 5.41) is 16.5. The van der Waals surface area contributed by atoms with Gasteiger partial charge in [-0.15, -0.1) is 10.2 Å². The number of hydrogen-bond acceptors (Lipinski definition) is 3. The Morgan fingerprint density at radius 1 is 0.321 bits per heavy atom. The molecule has 0 unspecified atom stereocenters. The van der Waals surface area contributed by atoms with Gasteiger partial charge in [-0.25, -0.2) is 0 Å². The van der Waals surface area contributed by atoms with Gasteiger partial charge < -0.3 is 13.6 Å². The van der Waals surface area contributed by atoms with Gasteiger partial charge in [0, 0.05) is 49.5 Å². The molecule has 12 aromatic rings. The summed E-state index contributed by atoms with van der Waals surface area (Å²) in [4.78, 5) is 0. The van der Waals surface area contributed by atoms with Crippen molar-refractivity contribution in [3.63, 3.8) is 0 Å². The zero-order valence-corrected chi connectivity index (χ0v) is 30.0. The molecular formula is C50H31N5O. The van der Waals surface area contributed by atoms with E-state index in [-0.39, 0.29) is 0 Å². The van der Waals surface area contributed by atoms with Crippen LogP contribution < -0.4 is 0 Å². The number of rotatable bonds is 5. The fraction of sp³-hybridized carbons (Fsp3) is 0. The van der Waals surface area contributed by atoms with E-state index in [2.05, 4.69) is 153 Å². The molecule has 6 heteroatoms. The molecule has 4 aromatic heterocycles. The van der Waals surface area contributed by atoms with E-state index < -0.39 is 0 Å².